The van der Waals surface area contributed by atoms with Crippen molar-refractivity contribution in [3.05, 3.63) is 65.7 Å². The van der Waals surface area contributed by atoms with Crippen molar-refractivity contribution in [2.24, 2.45) is 0 Å². The maximum Gasteiger partial charge on any atom is 0.253 e. The number of rotatable bonds is 7. The van der Waals surface area contributed by atoms with E-state index in [2.05, 4.69) is 17.4 Å². The Morgan fingerprint density at radius 3 is 2.17 bits per heavy atom. The van der Waals surface area contributed by atoms with E-state index in [0.29, 0.717) is 38.2 Å². The average molecular weight is 499 g/mol. The first-order valence-electron chi connectivity index (χ1n) is 11.8. The number of hydrogen-bond acceptors (Lipinski definition) is 5. The Balaban J connectivity index is 1.27. The van der Waals surface area contributed by atoms with E-state index >= 15 is 0 Å². The van der Waals surface area contributed by atoms with Gasteiger partial charge in [0.25, 0.3) is 5.91 Å². The zero-order valence-electron chi connectivity index (χ0n) is 19.6. The molecule has 2 aliphatic rings. The minimum atomic E-state index is -3.80. The van der Waals surface area contributed by atoms with Gasteiger partial charge in [0.15, 0.2) is 0 Å². The maximum atomic E-state index is 12.9. The van der Waals surface area contributed by atoms with Crippen molar-refractivity contribution in [1.82, 2.24) is 19.4 Å². The molecule has 2 aromatic rings. The lowest BCUT2D eigenvalue weighted by molar-refractivity contribution is -0.132. The van der Waals surface area contributed by atoms with Gasteiger partial charge in [0.05, 0.1) is 11.4 Å². The maximum absolute atomic E-state index is 12.9. The Labute approximate surface area is 205 Å². The molecule has 4 rings (SSSR count). The highest BCUT2D eigenvalue weighted by Gasteiger charge is 2.30. The van der Waals surface area contributed by atoms with E-state index < -0.39 is 10.0 Å². The highest BCUT2D eigenvalue weighted by atomic mass is 32.2. The van der Waals surface area contributed by atoms with Gasteiger partial charge in [-0.25, -0.2) is 8.42 Å². The lowest BCUT2D eigenvalue weighted by Gasteiger charge is -2.35. The van der Waals surface area contributed by atoms with Crippen molar-refractivity contribution in [3.8, 4) is 0 Å². The highest BCUT2D eigenvalue weighted by Crippen LogP contribution is 2.19. The first kappa shape index (κ1) is 24.9. The van der Waals surface area contributed by atoms with Gasteiger partial charge in [0, 0.05) is 51.3 Å². The molecular formula is C25H30N4O5S. The molecule has 0 unspecified atom stereocenters. The van der Waals surface area contributed by atoms with Gasteiger partial charge in [-0.15, -0.1) is 0 Å². The summed E-state index contributed by atoms with van der Waals surface area (Å²) in [6, 6.07) is 15.9. The lowest BCUT2D eigenvalue weighted by atomic mass is 10.1. The lowest BCUT2D eigenvalue weighted by Crippen LogP contribution is -2.50. The molecule has 2 aromatic carbocycles. The van der Waals surface area contributed by atoms with Gasteiger partial charge < -0.3 is 15.1 Å². The van der Waals surface area contributed by atoms with Crippen LogP contribution in [0.15, 0.2) is 59.5 Å². The number of carbonyl (C=O) groups is 3. The van der Waals surface area contributed by atoms with Crippen molar-refractivity contribution in [2.45, 2.75) is 24.2 Å². The van der Waals surface area contributed by atoms with Crippen LogP contribution < -0.4 is 5.32 Å². The molecule has 186 valence electrons. The fraction of sp³-hybridized carbons (Fsp3) is 0.400. The summed E-state index contributed by atoms with van der Waals surface area (Å²) < 4.78 is 26.7. The molecule has 0 aromatic heterocycles. The summed E-state index contributed by atoms with van der Waals surface area (Å²) in [4.78, 5) is 40.6. The van der Waals surface area contributed by atoms with E-state index in [-0.39, 0.29) is 42.3 Å². The summed E-state index contributed by atoms with van der Waals surface area (Å²) in [6.45, 7) is 2.12. The van der Waals surface area contributed by atoms with Crippen LogP contribution in [0, 0.1) is 0 Å². The van der Waals surface area contributed by atoms with Crippen molar-refractivity contribution in [1.29, 1.82) is 0 Å². The minimum Gasteiger partial charge on any atom is -0.354 e. The average Bonchev–Trinajstić information content (AvgIpc) is 2.89. The van der Waals surface area contributed by atoms with Gasteiger partial charge in [-0.2, -0.15) is 4.31 Å². The summed E-state index contributed by atoms with van der Waals surface area (Å²) in [6.07, 6.45) is 2.14. The molecule has 1 N–H and O–H groups in total. The van der Waals surface area contributed by atoms with Gasteiger partial charge in [-0.05, 0) is 42.7 Å². The third-order valence-corrected chi connectivity index (χ3v) is 8.22. The van der Waals surface area contributed by atoms with Crippen LogP contribution in [0.1, 0.15) is 28.8 Å². The molecule has 35 heavy (non-hydrogen) atoms. The van der Waals surface area contributed by atoms with E-state index in [1.807, 2.05) is 18.2 Å². The largest absolute Gasteiger partial charge is 0.354 e. The molecule has 10 heteroatoms. The molecule has 0 aliphatic carbocycles. The summed E-state index contributed by atoms with van der Waals surface area (Å²) in [5, 5.41) is 2.60. The Morgan fingerprint density at radius 2 is 1.51 bits per heavy atom. The molecular weight excluding hydrogens is 468 g/mol. The SMILES string of the molecule is O=C1CN(S(=O)(=O)c2ccc(C(=O)N3CCN(C(=O)CCCc4ccccc4)CC3)cc2)CCN1. The molecule has 0 saturated carbocycles. The van der Waals surface area contributed by atoms with Gasteiger partial charge in [-0.1, -0.05) is 30.3 Å². The molecule has 0 atom stereocenters. The fourth-order valence-corrected chi connectivity index (χ4v) is 5.72. The van der Waals surface area contributed by atoms with Crippen LogP contribution >= 0.6 is 0 Å². The standard InChI is InChI=1S/C25H30N4O5S/c30-23-19-29(14-13-26-23)35(33,34)22-11-9-21(10-12-22)25(32)28-17-15-27(16-18-28)24(31)8-4-7-20-5-2-1-3-6-20/h1-3,5-6,9-12H,4,7-8,13-19H2,(H,26,30). The zero-order valence-corrected chi connectivity index (χ0v) is 20.4. The molecule has 2 aliphatic heterocycles. The molecule has 0 bridgehead atoms. The zero-order chi connectivity index (χ0) is 24.8. The Kier molecular flexibility index (Phi) is 7.82. The van der Waals surface area contributed by atoms with Crippen LogP contribution in [0.2, 0.25) is 0 Å². The number of amides is 3. The number of benzene rings is 2. The quantitative estimate of drug-likeness (QED) is 0.616. The Hall–Kier alpha value is -3.24. The number of carbonyl (C=O) groups excluding carboxylic acids is 3. The number of sulfonamides is 1. The van der Waals surface area contributed by atoms with Crippen LogP contribution in [0.5, 0.6) is 0 Å². The first-order valence-corrected chi connectivity index (χ1v) is 13.3. The van der Waals surface area contributed by atoms with Crippen LogP contribution in [0.25, 0.3) is 0 Å². The van der Waals surface area contributed by atoms with E-state index in [1.54, 1.807) is 9.80 Å². The minimum absolute atomic E-state index is 0.0506. The number of hydrogen-bond donors (Lipinski definition) is 1. The monoisotopic (exact) mass is 498 g/mol. The number of nitrogens with one attached hydrogen (secondary N) is 1. The van der Waals surface area contributed by atoms with Crippen molar-refractivity contribution >= 4 is 27.7 Å². The molecule has 2 fully saturated rings. The second-order valence-electron chi connectivity index (χ2n) is 8.73. The van der Waals surface area contributed by atoms with Crippen molar-refractivity contribution < 1.29 is 22.8 Å². The smallest absolute Gasteiger partial charge is 0.253 e. The number of nitrogens with zero attached hydrogens (tertiary/aromatic N) is 3. The van der Waals surface area contributed by atoms with Crippen LogP contribution in [0.4, 0.5) is 0 Å². The van der Waals surface area contributed by atoms with Gasteiger partial charge in [-0.3, -0.25) is 14.4 Å². The fourth-order valence-electron chi connectivity index (χ4n) is 4.33. The topological polar surface area (TPSA) is 107 Å². The molecule has 0 spiro atoms. The van der Waals surface area contributed by atoms with Gasteiger partial charge in [0.1, 0.15) is 0 Å². The Bertz CT molecular complexity index is 1160. The second-order valence-corrected chi connectivity index (χ2v) is 10.7. The molecule has 2 heterocycles. The predicted molar refractivity (Wildman–Crippen MR) is 130 cm³/mol. The molecule has 9 nitrogen and oxygen atoms in total. The third-order valence-electron chi connectivity index (χ3n) is 6.36. The normalized spacial score (nSPS) is 17.2. The number of piperazine rings is 2. The molecule has 2 saturated heterocycles. The van der Waals surface area contributed by atoms with Crippen LogP contribution in [-0.4, -0.2) is 86.1 Å². The molecule has 0 radical (unpaired) electrons. The van der Waals surface area contributed by atoms with E-state index in [4.69, 9.17) is 0 Å². The highest BCUT2D eigenvalue weighted by molar-refractivity contribution is 7.89. The molecule has 3 amide bonds. The number of aryl methyl sites for hydroxylation is 1. The van der Waals surface area contributed by atoms with E-state index in [9.17, 15) is 22.8 Å². The van der Waals surface area contributed by atoms with Gasteiger partial charge in [0.2, 0.25) is 21.8 Å². The Morgan fingerprint density at radius 1 is 0.857 bits per heavy atom. The summed E-state index contributed by atoms with van der Waals surface area (Å²) >= 11 is 0. The van der Waals surface area contributed by atoms with Gasteiger partial charge >= 0.3 is 0 Å². The summed E-state index contributed by atoms with van der Waals surface area (Å²) in [5.74, 6) is -0.420. The van der Waals surface area contributed by atoms with Crippen molar-refractivity contribution in [3.63, 3.8) is 0 Å². The third kappa shape index (κ3) is 6.07. The van der Waals surface area contributed by atoms with Crippen LogP contribution in [0.3, 0.4) is 0 Å². The summed E-state index contributed by atoms with van der Waals surface area (Å²) in [5.41, 5.74) is 1.61. The van der Waals surface area contributed by atoms with Crippen molar-refractivity contribution in [2.75, 3.05) is 45.8 Å². The first-order chi connectivity index (χ1) is 16.8. The predicted octanol–water partition coefficient (Wildman–Crippen LogP) is 1.11. The van der Waals surface area contributed by atoms with E-state index in [0.717, 1.165) is 17.1 Å². The van der Waals surface area contributed by atoms with E-state index in [1.165, 1.54) is 29.8 Å². The van der Waals surface area contributed by atoms with Crippen LogP contribution in [-0.2, 0) is 26.0 Å². The second kappa shape index (κ2) is 11.0. The summed E-state index contributed by atoms with van der Waals surface area (Å²) in [7, 11) is -3.80.